The van der Waals surface area contributed by atoms with Gasteiger partial charge in [0.2, 0.25) is 0 Å². The fourth-order valence-electron chi connectivity index (χ4n) is 0.578. The Morgan fingerprint density at radius 1 is 1.60 bits per heavy atom. The topological polar surface area (TPSA) is 9.23 Å². The lowest BCUT2D eigenvalue weighted by Crippen LogP contribution is -1.91. The van der Waals surface area contributed by atoms with Gasteiger partial charge in [-0.25, -0.2) is 0 Å². The number of rotatable bonds is 3. The number of ether oxygens (including phenoxy) is 1. The summed E-state index contributed by atoms with van der Waals surface area (Å²) in [7, 11) is 0. The molecule has 10 heavy (non-hydrogen) atoms. The molecule has 0 bridgehead atoms. The molecule has 0 unspecified atom stereocenters. The van der Waals surface area contributed by atoms with E-state index in [9.17, 15) is 0 Å². The van der Waals surface area contributed by atoms with Gasteiger partial charge < -0.3 is 4.74 Å². The van der Waals surface area contributed by atoms with Gasteiger partial charge in [0, 0.05) is 0 Å². The zero-order valence-electron chi connectivity index (χ0n) is 5.76. The van der Waals surface area contributed by atoms with Crippen molar-refractivity contribution < 1.29 is 4.74 Å². The van der Waals surface area contributed by atoms with Gasteiger partial charge in [-0.15, -0.1) is 0 Å². The summed E-state index contributed by atoms with van der Waals surface area (Å²) in [6.07, 6.45) is 1.06. The number of hydrogen-bond donors (Lipinski definition) is 0. The first kappa shape index (κ1) is 8.08. The van der Waals surface area contributed by atoms with Crippen LogP contribution in [-0.4, -0.2) is 6.61 Å². The smallest absolute Gasteiger partial charge is 0.174 e. The Balaban J connectivity index is 2.42. The standard InChI is InChI=1S/C7H9BrOS/c1-2-5-9-7-4-3-6(8)10-7/h3-4H,2,5H2,1H3. The van der Waals surface area contributed by atoms with E-state index < -0.39 is 0 Å². The van der Waals surface area contributed by atoms with Crippen LogP contribution in [-0.2, 0) is 0 Å². The van der Waals surface area contributed by atoms with Crippen molar-refractivity contribution in [1.82, 2.24) is 0 Å². The fraction of sp³-hybridized carbons (Fsp3) is 0.429. The van der Waals surface area contributed by atoms with Gasteiger partial charge in [-0.05, 0) is 34.5 Å². The van der Waals surface area contributed by atoms with Gasteiger partial charge in [-0.2, -0.15) is 0 Å². The van der Waals surface area contributed by atoms with E-state index >= 15 is 0 Å². The van der Waals surface area contributed by atoms with Gasteiger partial charge in [-0.1, -0.05) is 18.3 Å². The molecule has 0 aromatic carbocycles. The highest BCUT2D eigenvalue weighted by atomic mass is 79.9. The Kier molecular flexibility index (Phi) is 3.22. The highest BCUT2D eigenvalue weighted by Gasteiger charge is 1.95. The van der Waals surface area contributed by atoms with Crippen molar-refractivity contribution in [3.8, 4) is 5.06 Å². The van der Waals surface area contributed by atoms with Crippen molar-refractivity contribution in [3.05, 3.63) is 15.9 Å². The lowest BCUT2D eigenvalue weighted by molar-refractivity contribution is 0.326. The molecule has 1 aromatic heterocycles. The predicted octanol–water partition coefficient (Wildman–Crippen LogP) is 3.30. The summed E-state index contributed by atoms with van der Waals surface area (Å²) in [4.78, 5) is 0. The molecule has 1 aromatic rings. The minimum absolute atomic E-state index is 0.812. The van der Waals surface area contributed by atoms with Crippen LogP contribution < -0.4 is 4.74 Å². The van der Waals surface area contributed by atoms with Crippen LogP contribution in [0.1, 0.15) is 13.3 Å². The molecular formula is C7H9BrOS. The number of halogens is 1. The van der Waals surface area contributed by atoms with Crippen LogP contribution in [0, 0.1) is 0 Å². The molecule has 0 spiro atoms. The number of thiophene rings is 1. The normalized spacial score (nSPS) is 9.80. The highest BCUT2D eigenvalue weighted by molar-refractivity contribution is 9.11. The predicted molar refractivity (Wildman–Crippen MR) is 47.8 cm³/mol. The van der Waals surface area contributed by atoms with Crippen molar-refractivity contribution in [2.45, 2.75) is 13.3 Å². The fourth-order valence-corrected chi connectivity index (χ4v) is 1.80. The molecule has 1 heterocycles. The minimum Gasteiger partial charge on any atom is -0.484 e. The van der Waals surface area contributed by atoms with Crippen LogP contribution in [0.4, 0.5) is 0 Å². The average Bonchev–Trinajstić information content (AvgIpc) is 2.31. The van der Waals surface area contributed by atoms with Crippen LogP contribution in [0.2, 0.25) is 0 Å². The molecule has 0 radical (unpaired) electrons. The van der Waals surface area contributed by atoms with Gasteiger partial charge in [-0.3, -0.25) is 0 Å². The molecule has 0 aliphatic carbocycles. The third-order valence-corrected chi connectivity index (χ3v) is 2.53. The Hall–Kier alpha value is -0.0200. The van der Waals surface area contributed by atoms with Crippen molar-refractivity contribution in [1.29, 1.82) is 0 Å². The van der Waals surface area contributed by atoms with E-state index in [0.29, 0.717) is 0 Å². The molecule has 0 atom stereocenters. The van der Waals surface area contributed by atoms with Crippen molar-refractivity contribution in [2.24, 2.45) is 0 Å². The van der Waals surface area contributed by atoms with Gasteiger partial charge in [0.25, 0.3) is 0 Å². The van der Waals surface area contributed by atoms with E-state index in [1.165, 1.54) is 0 Å². The molecule has 1 nitrogen and oxygen atoms in total. The maximum atomic E-state index is 5.36. The monoisotopic (exact) mass is 220 g/mol. The van der Waals surface area contributed by atoms with Gasteiger partial charge in [0.1, 0.15) is 0 Å². The second-order valence-corrected chi connectivity index (χ2v) is 4.33. The van der Waals surface area contributed by atoms with Crippen molar-refractivity contribution in [3.63, 3.8) is 0 Å². The number of hydrogen-bond acceptors (Lipinski definition) is 2. The molecule has 3 heteroatoms. The summed E-state index contributed by atoms with van der Waals surface area (Å²) >= 11 is 4.98. The molecule has 0 aliphatic rings. The second-order valence-electron chi connectivity index (χ2n) is 1.91. The Labute approximate surface area is 73.1 Å². The maximum Gasteiger partial charge on any atom is 0.174 e. The molecule has 0 N–H and O–H groups in total. The van der Waals surface area contributed by atoms with Crippen molar-refractivity contribution >= 4 is 27.3 Å². The largest absolute Gasteiger partial charge is 0.484 e. The van der Waals surface area contributed by atoms with Crippen LogP contribution in [0.25, 0.3) is 0 Å². The first-order valence-corrected chi connectivity index (χ1v) is 4.82. The second kappa shape index (κ2) is 3.98. The maximum absolute atomic E-state index is 5.36. The quantitative estimate of drug-likeness (QED) is 0.760. The first-order valence-electron chi connectivity index (χ1n) is 3.21. The van der Waals surface area contributed by atoms with E-state index in [1.54, 1.807) is 11.3 Å². The first-order chi connectivity index (χ1) is 4.83. The third-order valence-electron chi connectivity index (χ3n) is 0.997. The van der Waals surface area contributed by atoms with Crippen LogP contribution >= 0.6 is 27.3 Å². The van der Waals surface area contributed by atoms with Gasteiger partial charge in [0.15, 0.2) is 5.06 Å². The highest BCUT2D eigenvalue weighted by Crippen LogP contribution is 2.28. The Bertz CT molecular complexity index is 197. The lowest BCUT2D eigenvalue weighted by Gasteiger charge is -1.97. The molecule has 0 fully saturated rings. The molecule has 0 amide bonds. The van der Waals surface area contributed by atoms with E-state index in [2.05, 4.69) is 22.9 Å². The molecule has 0 aliphatic heterocycles. The minimum atomic E-state index is 0.812. The van der Waals surface area contributed by atoms with Crippen molar-refractivity contribution in [2.75, 3.05) is 6.61 Å². The van der Waals surface area contributed by atoms with Gasteiger partial charge >= 0.3 is 0 Å². The summed E-state index contributed by atoms with van der Waals surface area (Å²) in [6, 6.07) is 3.97. The van der Waals surface area contributed by atoms with E-state index in [1.807, 2.05) is 12.1 Å². The summed E-state index contributed by atoms with van der Waals surface area (Å²) < 4.78 is 6.49. The SMILES string of the molecule is CCCOc1ccc(Br)s1. The molecule has 0 saturated heterocycles. The average molecular weight is 221 g/mol. The van der Waals surface area contributed by atoms with E-state index in [4.69, 9.17) is 4.74 Å². The van der Waals surface area contributed by atoms with E-state index in [-0.39, 0.29) is 0 Å². The molecule has 1 rings (SSSR count). The Morgan fingerprint density at radius 2 is 2.40 bits per heavy atom. The van der Waals surface area contributed by atoms with Crippen LogP contribution in [0.3, 0.4) is 0 Å². The summed E-state index contributed by atoms with van der Waals surface area (Å²) in [5, 5.41) is 0.994. The summed E-state index contributed by atoms with van der Waals surface area (Å²) in [5.41, 5.74) is 0. The van der Waals surface area contributed by atoms with E-state index in [0.717, 1.165) is 21.9 Å². The summed E-state index contributed by atoms with van der Waals surface area (Å²) in [6.45, 7) is 2.91. The molecule has 56 valence electrons. The van der Waals surface area contributed by atoms with Crippen LogP contribution in [0.5, 0.6) is 5.06 Å². The van der Waals surface area contributed by atoms with Crippen LogP contribution in [0.15, 0.2) is 15.9 Å². The lowest BCUT2D eigenvalue weighted by atomic mass is 10.5. The zero-order chi connectivity index (χ0) is 7.40. The van der Waals surface area contributed by atoms with Gasteiger partial charge in [0.05, 0.1) is 10.4 Å². The molecular weight excluding hydrogens is 212 g/mol. The summed E-state index contributed by atoms with van der Waals surface area (Å²) in [5.74, 6) is 0. The third kappa shape index (κ3) is 2.31. The molecule has 0 saturated carbocycles. The Morgan fingerprint density at radius 3 is 2.90 bits per heavy atom. The zero-order valence-corrected chi connectivity index (χ0v) is 8.17.